The van der Waals surface area contributed by atoms with Crippen LogP contribution in [-0.2, 0) is 12.8 Å². The number of fused-ring (bicyclic) bond motifs is 1. The van der Waals surface area contributed by atoms with Gasteiger partial charge in [-0.15, -0.1) is 0 Å². The van der Waals surface area contributed by atoms with Crippen molar-refractivity contribution in [3.8, 4) is 16.9 Å². The minimum atomic E-state index is -4.83. The molecule has 5 rings (SSSR count). The maximum Gasteiger partial charge on any atom is 0.435 e. The summed E-state index contributed by atoms with van der Waals surface area (Å²) in [5, 5.41) is 6.17. The number of aryl methyl sites for hydroxylation is 1. The summed E-state index contributed by atoms with van der Waals surface area (Å²) in [6.07, 6.45) is -4.83. The minimum Gasteiger partial charge on any atom is -0.489 e. The van der Waals surface area contributed by atoms with E-state index in [1.807, 2.05) is 6.07 Å². The Labute approximate surface area is 214 Å². The van der Waals surface area contributed by atoms with E-state index in [2.05, 4.69) is 27.5 Å². The van der Waals surface area contributed by atoms with Crippen molar-refractivity contribution in [2.24, 2.45) is 0 Å². The van der Waals surface area contributed by atoms with Gasteiger partial charge in [0, 0.05) is 17.4 Å². The molecule has 0 aliphatic carbocycles. The van der Waals surface area contributed by atoms with Gasteiger partial charge in [0.2, 0.25) is 0 Å². The molecule has 0 saturated heterocycles. The molecule has 0 atom stereocenters. The molecule has 7 nitrogen and oxygen atoms in total. The fourth-order valence-corrected chi connectivity index (χ4v) is 4.02. The molecule has 0 radical (unpaired) electrons. The largest absolute Gasteiger partial charge is 0.489 e. The molecular weight excluding hydrogens is 497 g/mol. The molecular formula is C28H19F3N4O3. The van der Waals surface area contributed by atoms with E-state index in [0.29, 0.717) is 16.0 Å². The summed E-state index contributed by atoms with van der Waals surface area (Å²) >= 11 is 0. The number of ether oxygens (including phenoxy) is 1. The van der Waals surface area contributed by atoms with Crippen molar-refractivity contribution in [3.63, 3.8) is 0 Å². The highest BCUT2D eigenvalue weighted by Gasteiger charge is 2.39. The third kappa shape index (κ3) is 4.82. The van der Waals surface area contributed by atoms with Gasteiger partial charge < -0.3 is 15.0 Å². The Morgan fingerprint density at radius 1 is 1.11 bits per heavy atom. The van der Waals surface area contributed by atoms with Crippen LogP contribution in [0.4, 0.5) is 18.9 Å². The topological polar surface area (TPSA) is 88.5 Å². The average molecular weight is 516 g/mol. The van der Waals surface area contributed by atoms with Crippen molar-refractivity contribution in [2.75, 3.05) is 5.32 Å². The van der Waals surface area contributed by atoms with Crippen LogP contribution in [0.1, 0.15) is 27.3 Å². The third-order valence-electron chi connectivity index (χ3n) is 5.75. The second-order valence-electron chi connectivity index (χ2n) is 8.39. The van der Waals surface area contributed by atoms with Gasteiger partial charge in [-0.1, -0.05) is 48.5 Å². The summed E-state index contributed by atoms with van der Waals surface area (Å²) in [6.45, 7) is 1.71. The van der Waals surface area contributed by atoms with Gasteiger partial charge in [-0.05, 0) is 48.4 Å². The standard InChI is InChI=1S/C28H19F3N4O3/c1-17-22(26(36)33-20-13-8-14-21(15-20)38-16-18-9-4-2-5-10-18)27(37)35-25(32-17)23(19-11-6-3-7-12-19)24(34-35)28(29,30)31/h3-4,6-15,32H,16H2,1H3,(H,33,36). The molecule has 190 valence electrons. The summed E-state index contributed by atoms with van der Waals surface area (Å²) in [5.74, 6) is -0.340. The van der Waals surface area contributed by atoms with Crippen molar-refractivity contribution >= 4 is 17.2 Å². The van der Waals surface area contributed by atoms with Crippen LogP contribution in [0.25, 0.3) is 16.8 Å². The number of halogens is 3. The van der Waals surface area contributed by atoms with Gasteiger partial charge >= 0.3 is 6.18 Å². The first-order chi connectivity index (χ1) is 18.2. The number of benzene rings is 2. The van der Waals surface area contributed by atoms with Gasteiger partial charge in [-0.3, -0.25) is 9.59 Å². The molecule has 0 unspecified atom stereocenters. The van der Waals surface area contributed by atoms with Gasteiger partial charge in [0.05, 0.1) is 5.56 Å². The first kappa shape index (κ1) is 24.6. The van der Waals surface area contributed by atoms with Gasteiger partial charge in [0.25, 0.3) is 11.5 Å². The highest BCUT2D eigenvalue weighted by molar-refractivity contribution is 6.05. The maximum atomic E-state index is 13.9. The lowest BCUT2D eigenvalue weighted by Gasteiger charge is -2.11. The highest BCUT2D eigenvalue weighted by atomic mass is 19.4. The van der Waals surface area contributed by atoms with Gasteiger partial charge in [0.15, 0.2) is 5.69 Å². The molecule has 0 aliphatic rings. The molecule has 2 aromatic heterocycles. The number of rotatable bonds is 6. The Morgan fingerprint density at radius 2 is 1.89 bits per heavy atom. The van der Waals surface area contributed by atoms with Crippen LogP contribution in [0.2, 0.25) is 0 Å². The number of carbonyl (C=O) groups is 1. The fourth-order valence-electron chi connectivity index (χ4n) is 4.02. The maximum absolute atomic E-state index is 13.9. The lowest BCUT2D eigenvalue weighted by molar-refractivity contribution is -0.140. The van der Waals surface area contributed by atoms with E-state index >= 15 is 0 Å². The predicted octanol–water partition coefficient (Wildman–Crippen LogP) is 5.45. The monoisotopic (exact) mass is 516 g/mol. The Bertz CT molecular complexity index is 1680. The van der Waals surface area contributed by atoms with E-state index in [4.69, 9.17) is 4.74 Å². The smallest absolute Gasteiger partial charge is 0.435 e. The molecule has 0 spiro atoms. The van der Waals surface area contributed by atoms with Gasteiger partial charge in [0.1, 0.15) is 23.6 Å². The summed E-state index contributed by atoms with van der Waals surface area (Å²) < 4.78 is 47.9. The van der Waals surface area contributed by atoms with E-state index in [0.717, 1.165) is 5.56 Å². The summed E-state index contributed by atoms with van der Waals surface area (Å²) in [5.41, 5.74) is -1.48. The number of H-pyrrole nitrogens is 1. The van der Waals surface area contributed by atoms with Crippen molar-refractivity contribution in [1.29, 1.82) is 0 Å². The van der Waals surface area contributed by atoms with Crippen LogP contribution in [-0.4, -0.2) is 20.5 Å². The van der Waals surface area contributed by atoms with Crippen LogP contribution in [0, 0.1) is 19.1 Å². The van der Waals surface area contributed by atoms with Gasteiger partial charge in [-0.2, -0.15) is 22.8 Å². The molecule has 0 saturated carbocycles. The Kier molecular flexibility index (Phi) is 6.34. The zero-order valence-electron chi connectivity index (χ0n) is 19.9. The van der Waals surface area contributed by atoms with E-state index in [1.54, 1.807) is 54.6 Å². The lowest BCUT2D eigenvalue weighted by Crippen LogP contribution is -2.29. The van der Waals surface area contributed by atoms with Gasteiger partial charge in [-0.25, -0.2) is 0 Å². The van der Waals surface area contributed by atoms with Crippen molar-refractivity contribution < 1.29 is 22.7 Å². The Morgan fingerprint density at radius 3 is 2.61 bits per heavy atom. The number of nitrogens with zero attached hydrogens (tertiary/aromatic N) is 2. The van der Waals surface area contributed by atoms with Crippen LogP contribution in [0.15, 0.2) is 77.6 Å². The first-order valence-corrected chi connectivity index (χ1v) is 11.4. The van der Waals surface area contributed by atoms with E-state index in [9.17, 15) is 22.8 Å². The second kappa shape index (κ2) is 9.78. The summed E-state index contributed by atoms with van der Waals surface area (Å²) in [4.78, 5) is 29.1. The molecule has 2 heterocycles. The Hall–Kier alpha value is -5.04. The van der Waals surface area contributed by atoms with Crippen LogP contribution >= 0.6 is 0 Å². The van der Waals surface area contributed by atoms with Crippen LogP contribution in [0.3, 0.4) is 0 Å². The van der Waals surface area contributed by atoms with Crippen LogP contribution < -0.4 is 15.6 Å². The molecule has 10 heteroatoms. The summed E-state index contributed by atoms with van der Waals surface area (Å²) in [7, 11) is 0. The second-order valence-corrected chi connectivity index (χ2v) is 8.39. The first-order valence-electron chi connectivity index (χ1n) is 11.4. The van der Waals surface area contributed by atoms with Crippen molar-refractivity contribution in [3.05, 3.63) is 118 Å². The number of alkyl halides is 3. The molecule has 5 aromatic rings. The number of aromatic amines is 1. The molecule has 2 N–H and O–H groups in total. The van der Waals surface area contributed by atoms with Crippen molar-refractivity contribution in [2.45, 2.75) is 19.7 Å². The normalized spacial score (nSPS) is 11.3. The number of carbonyl (C=O) groups excluding carboxylic acids is 1. The predicted molar refractivity (Wildman–Crippen MR) is 134 cm³/mol. The molecule has 0 aliphatic heterocycles. The number of amides is 1. The molecule has 38 heavy (non-hydrogen) atoms. The zero-order chi connectivity index (χ0) is 26.9. The SMILES string of the molecule is Cc1[nH]c2c(-c3ccccc3)c(C(F)(F)F)nn2c(=O)c1C(=O)Nc1cccc(OCc2cc#ccc2)c1. The number of aromatic nitrogens is 3. The summed E-state index contributed by atoms with van der Waals surface area (Å²) in [6, 6.07) is 25.3. The number of hydrogen-bond donors (Lipinski definition) is 2. The minimum absolute atomic E-state index is 0.0929. The number of nitrogens with one attached hydrogen (secondary N) is 2. The molecule has 1 amide bonds. The number of hydrogen-bond acceptors (Lipinski definition) is 4. The molecule has 0 bridgehead atoms. The molecule has 3 aromatic carbocycles. The third-order valence-corrected chi connectivity index (χ3v) is 5.75. The van der Waals surface area contributed by atoms with E-state index < -0.39 is 23.3 Å². The number of anilines is 1. The highest BCUT2D eigenvalue weighted by Crippen LogP contribution is 2.38. The molecule has 0 fully saturated rings. The fraction of sp³-hybridized carbons (Fsp3) is 0.107. The Balaban J connectivity index is 1.48. The van der Waals surface area contributed by atoms with Crippen LogP contribution in [0.5, 0.6) is 5.75 Å². The lowest BCUT2D eigenvalue weighted by atomic mass is 10.1. The quantitative estimate of drug-likeness (QED) is 0.314. The van der Waals surface area contributed by atoms with E-state index in [-0.39, 0.29) is 34.6 Å². The zero-order valence-corrected chi connectivity index (χ0v) is 19.9. The van der Waals surface area contributed by atoms with E-state index in [1.165, 1.54) is 19.1 Å². The average Bonchev–Trinajstić information content (AvgIpc) is 3.29. The van der Waals surface area contributed by atoms with Crippen molar-refractivity contribution in [1.82, 2.24) is 14.6 Å².